The number of amides is 4. The van der Waals surface area contributed by atoms with Gasteiger partial charge in [-0.05, 0) is 44.4 Å². The number of hydrogen-bond donors (Lipinski definition) is 5. The Kier molecular flexibility index (Phi) is 11.1. The number of aromatic nitrogens is 2. The van der Waals surface area contributed by atoms with E-state index in [0.717, 1.165) is 10.7 Å². The molecule has 3 rings (SSSR count). The van der Waals surface area contributed by atoms with Gasteiger partial charge in [0.1, 0.15) is 17.8 Å². The van der Waals surface area contributed by atoms with Crippen LogP contribution in [0.3, 0.4) is 0 Å². The van der Waals surface area contributed by atoms with Crippen LogP contribution in [0.4, 0.5) is 13.2 Å². The number of aryl methyl sites for hydroxylation is 1. The quantitative estimate of drug-likeness (QED) is 0.314. The molecule has 0 saturated carbocycles. The van der Waals surface area contributed by atoms with E-state index in [1.165, 1.54) is 19.2 Å². The molecule has 2 aromatic rings. The molecule has 0 radical (unpaired) electrons. The second kappa shape index (κ2) is 14.5. The zero-order valence-electron chi connectivity index (χ0n) is 22.4. The van der Waals surface area contributed by atoms with Gasteiger partial charge in [0.05, 0.1) is 18.3 Å². The number of benzene rings is 1. The standard InChI is InChI=1S/C26H33F3N6O6/c1-16(36)22-25(40)31-12-5-15-41-19-7-3-2-6-17(19)23(38)32-18(8-9-21(37)33-22)24(39)30-11-4-13-35-14-10-20(34-35)26(27,28)29/h2-3,6-7,10,14,16,18,22,36H,4-5,8-9,11-13,15H2,1H3,(H,30,39)(H,31,40)(H,32,38)(H,33,37)/t16-,18+,22+/m1/s1. The van der Waals surface area contributed by atoms with Gasteiger partial charge in [0.2, 0.25) is 17.7 Å². The van der Waals surface area contributed by atoms with Crippen molar-refractivity contribution in [1.82, 2.24) is 31.0 Å². The summed E-state index contributed by atoms with van der Waals surface area (Å²) in [6.07, 6.45) is -4.35. The van der Waals surface area contributed by atoms with Gasteiger partial charge in [0.25, 0.3) is 5.91 Å². The fourth-order valence-electron chi connectivity index (χ4n) is 4.00. The van der Waals surface area contributed by atoms with Crippen LogP contribution in [-0.4, -0.2) is 76.4 Å². The molecule has 224 valence electrons. The summed E-state index contributed by atoms with van der Waals surface area (Å²) in [4.78, 5) is 51.2. The molecule has 15 heteroatoms. The van der Waals surface area contributed by atoms with Gasteiger partial charge in [-0.15, -0.1) is 0 Å². The number of rotatable bonds is 6. The Morgan fingerprint density at radius 3 is 2.68 bits per heavy atom. The maximum Gasteiger partial charge on any atom is 0.435 e. The van der Waals surface area contributed by atoms with Crippen LogP contribution in [0.15, 0.2) is 36.5 Å². The average Bonchev–Trinajstić information content (AvgIpc) is 3.41. The number of alkyl halides is 3. The third kappa shape index (κ3) is 9.48. The highest BCUT2D eigenvalue weighted by Crippen LogP contribution is 2.27. The van der Waals surface area contributed by atoms with E-state index >= 15 is 0 Å². The van der Waals surface area contributed by atoms with Gasteiger partial charge in [-0.3, -0.25) is 23.9 Å². The van der Waals surface area contributed by atoms with Crippen molar-refractivity contribution in [2.75, 3.05) is 19.7 Å². The van der Waals surface area contributed by atoms with Crippen molar-refractivity contribution in [3.05, 3.63) is 47.8 Å². The Labute approximate surface area is 234 Å². The van der Waals surface area contributed by atoms with Gasteiger partial charge in [-0.2, -0.15) is 18.3 Å². The first kappa shape index (κ1) is 31.4. The highest BCUT2D eigenvalue weighted by atomic mass is 19.4. The highest BCUT2D eigenvalue weighted by molar-refractivity contribution is 5.99. The van der Waals surface area contributed by atoms with Gasteiger partial charge in [-0.25, -0.2) is 0 Å². The number of hydrogen-bond acceptors (Lipinski definition) is 7. The van der Waals surface area contributed by atoms with E-state index in [1.54, 1.807) is 18.2 Å². The molecule has 0 bridgehead atoms. The molecule has 41 heavy (non-hydrogen) atoms. The second-order valence-electron chi connectivity index (χ2n) is 9.45. The number of ether oxygens (including phenoxy) is 1. The predicted molar refractivity (Wildman–Crippen MR) is 139 cm³/mol. The van der Waals surface area contributed by atoms with Gasteiger partial charge in [-0.1, -0.05) is 12.1 Å². The number of aliphatic hydroxyl groups excluding tert-OH is 1. The Bertz CT molecular complexity index is 1220. The number of carbonyl (C=O) groups is 4. The normalized spacial score (nSPS) is 20.1. The van der Waals surface area contributed by atoms with E-state index in [0.29, 0.717) is 6.42 Å². The lowest BCUT2D eigenvalue weighted by Crippen LogP contribution is -2.53. The molecule has 1 aromatic carbocycles. The Hall–Kier alpha value is -4.14. The van der Waals surface area contributed by atoms with E-state index in [-0.39, 0.29) is 56.8 Å². The van der Waals surface area contributed by atoms with Crippen LogP contribution in [0.2, 0.25) is 0 Å². The number of carbonyl (C=O) groups excluding carboxylic acids is 4. The smallest absolute Gasteiger partial charge is 0.435 e. The van der Waals surface area contributed by atoms with Crippen LogP contribution in [0.25, 0.3) is 0 Å². The van der Waals surface area contributed by atoms with E-state index in [1.807, 2.05) is 0 Å². The molecule has 0 fully saturated rings. The summed E-state index contributed by atoms with van der Waals surface area (Å²) in [6.45, 7) is 1.87. The molecule has 2 heterocycles. The van der Waals surface area contributed by atoms with Crippen LogP contribution in [0, 0.1) is 0 Å². The molecular weight excluding hydrogens is 549 g/mol. The molecule has 1 aromatic heterocycles. The minimum absolute atomic E-state index is 0.0581. The minimum Gasteiger partial charge on any atom is -0.493 e. The van der Waals surface area contributed by atoms with Crippen LogP contribution in [0.5, 0.6) is 5.75 Å². The molecule has 12 nitrogen and oxygen atoms in total. The van der Waals surface area contributed by atoms with Gasteiger partial charge >= 0.3 is 6.18 Å². The second-order valence-corrected chi connectivity index (χ2v) is 9.45. The lowest BCUT2D eigenvalue weighted by molar-refractivity contribution is -0.141. The Morgan fingerprint density at radius 2 is 1.98 bits per heavy atom. The summed E-state index contributed by atoms with van der Waals surface area (Å²) in [5, 5.41) is 23.8. The summed E-state index contributed by atoms with van der Waals surface area (Å²) in [6, 6.07) is 4.86. The number of aliphatic hydroxyl groups is 1. The minimum atomic E-state index is -4.56. The van der Waals surface area contributed by atoms with Gasteiger partial charge < -0.3 is 31.1 Å². The number of para-hydroxylation sites is 1. The summed E-state index contributed by atoms with van der Waals surface area (Å²) < 4.78 is 45.1. The topological polar surface area (TPSA) is 164 Å². The molecule has 0 spiro atoms. The third-order valence-corrected chi connectivity index (χ3v) is 6.17. The van der Waals surface area contributed by atoms with Crippen molar-refractivity contribution in [3.8, 4) is 5.75 Å². The van der Waals surface area contributed by atoms with Crippen molar-refractivity contribution >= 4 is 23.6 Å². The van der Waals surface area contributed by atoms with Crippen molar-refractivity contribution in [2.24, 2.45) is 0 Å². The number of nitrogens with one attached hydrogen (secondary N) is 4. The maximum absolute atomic E-state index is 13.1. The predicted octanol–water partition coefficient (Wildman–Crippen LogP) is 0.751. The van der Waals surface area contributed by atoms with Crippen molar-refractivity contribution in [2.45, 2.75) is 63.5 Å². The monoisotopic (exact) mass is 582 g/mol. The molecule has 1 aliphatic rings. The zero-order chi connectivity index (χ0) is 30.0. The Morgan fingerprint density at radius 1 is 1.22 bits per heavy atom. The fraction of sp³-hybridized carbons (Fsp3) is 0.500. The molecular formula is C26H33F3N6O6. The molecule has 0 aliphatic carbocycles. The Balaban J connectivity index is 1.69. The van der Waals surface area contributed by atoms with Crippen LogP contribution in [0.1, 0.15) is 48.7 Å². The molecule has 0 saturated heterocycles. The van der Waals surface area contributed by atoms with E-state index < -0.39 is 53.7 Å². The van der Waals surface area contributed by atoms with Gasteiger partial charge in [0, 0.05) is 32.3 Å². The first-order valence-corrected chi connectivity index (χ1v) is 13.1. The summed E-state index contributed by atoms with van der Waals surface area (Å²) >= 11 is 0. The number of halogens is 3. The first-order valence-electron chi connectivity index (χ1n) is 13.1. The lowest BCUT2D eigenvalue weighted by atomic mass is 10.1. The maximum atomic E-state index is 13.1. The van der Waals surface area contributed by atoms with E-state index in [4.69, 9.17) is 4.74 Å². The third-order valence-electron chi connectivity index (χ3n) is 6.17. The van der Waals surface area contributed by atoms with Crippen LogP contribution in [-0.2, 0) is 27.1 Å². The summed E-state index contributed by atoms with van der Waals surface area (Å²) in [5.41, 5.74) is -0.854. The summed E-state index contributed by atoms with van der Waals surface area (Å²) in [7, 11) is 0. The van der Waals surface area contributed by atoms with Crippen molar-refractivity contribution in [3.63, 3.8) is 0 Å². The fourth-order valence-corrected chi connectivity index (χ4v) is 4.00. The average molecular weight is 583 g/mol. The van der Waals surface area contributed by atoms with E-state index in [9.17, 15) is 37.5 Å². The molecule has 4 amide bonds. The number of nitrogens with zero attached hydrogens (tertiary/aromatic N) is 2. The molecule has 3 atom stereocenters. The van der Waals surface area contributed by atoms with Crippen LogP contribution < -0.4 is 26.0 Å². The zero-order valence-corrected chi connectivity index (χ0v) is 22.4. The van der Waals surface area contributed by atoms with Gasteiger partial charge in [0.15, 0.2) is 5.69 Å². The summed E-state index contributed by atoms with van der Waals surface area (Å²) in [5.74, 6) is -2.16. The highest BCUT2D eigenvalue weighted by Gasteiger charge is 2.33. The molecule has 0 unspecified atom stereocenters. The van der Waals surface area contributed by atoms with Crippen molar-refractivity contribution in [1.29, 1.82) is 0 Å². The van der Waals surface area contributed by atoms with E-state index in [2.05, 4.69) is 26.4 Å². The SMILES string of the molecule is C[C@@H](O)[C@@H]1NC(=O)CC[C@@H](C(=O)NCCCn2ccc(C(F)(F)F)n2)NC(=O)c2ccccc2OCCCNC1=O. The van der Waals surface area contributed by atoms with Crippen molar-refractivity contribution < 1.29 is 42.2 Å². The first-order chi connectivity index (χ1) is 19.5. The van der Waals surface area contributed by atoms with Crippen LogP contribution >= 0.6 is 0 Å². The molecule has 5 N–H and O–H groups in total. The lowest BCUT2D eigenvalue weighted by Gasteiger charge is -2.23. The number of fused-ring (bicyclic) bond motifs is 1. The largest absolute Gasteiger partial charge is 0.493 e. The molecule has 1 aliphatic heterocycles.